The summed E-state index contributed by atoms with van der Waals surface area (Å²) in [5.41, 5.74) is 0.191. The predicted molar refractivity (Wildman–Crippen MR) is 101 cm³/mol. The summed E-state index contributed by atoms with van der Waals surface area (Å²) in [6, 6.07) is 13.3. The summed E-state index contributed by atoms with van der Waals surface area (Å²) >= 11 is 1.54. The summed E-state index contributed by atoms with van der Waals surface area (Å²) < 4.78 is 38.7. The van der Waals surface area contributed by atoms with E-state index in [4.69, 9.17) is 0 Å². The van der Waals surface area contributed by atoms with E-state index in [1.165, 1.54) is 23.9 Å². The highest BCUT2D eigenvalue weighted by molar-refractivity contribution is 8.00. The van der Waals surface area contributed by atoms with Crippen LogP contribution in [0.4, 0.5) is 18.9 Å². The highest BCUT2D eigenvalue weighted by atomic mass is 32.2. The Balaban J connectivity index is 1.59. The van der Waals surface area contributed by atoms with Crippen molar-refractivity contribution in [3.8, 4) is 0 Å². The molecule has 2 aliphatic heterocycles. The zero-order valence-corrected chi connectivity index (χ0v) is 15.5. The second kappa shape index (κ2) is 6.84. The fraction of sp³-hybridized carbons (Fsp3) is 0.300. The van der Waals surface area contributed by atoms with Crippen LogP contribution in [0.2, 0.25) is 0 Å². The Morgan fingerprint density at radius 1 is 1.14 bits per heavy atom. The average molecular weight is 406 g/mol. The minimum atomic E-state index is -4.49. The zero-order valence-electron chi connectivity index (χ0n) is 14.7. The molecule has 2 fully saturated rings. The number of benzene rings is 2. The van der Waals surface area contributed by atoms with E-state index in [-0.39, 0.29) is 11.6 Å². The van der Waals surface area contributed by atoms with Gasteiger partial charge >= 0.3 is 6.18 Å². The van der Waals surface area contributed by atoms with E-state index in [9.17, 15) is 22.8 Å². The molecule has 2 saturated heterocycles. The van der Waals surface area contributed by atoms with Crippen LogP contribution >= 0.6 is 11.8 Å². The number of amides is 2. The van der Waals surface area contributed by atoms with Crippen molar-refractivity contribution in [1.29, 1.82) is 0 Å². The second-order valence-corrected chi connectivity index (χ2v) is 8.11. The van der Waals surface area contributed by atoms with Crippen LogP contribution in [0.3, 0.4) is 0 Å². The number of alkyl halides is 3. The van der Waals surface area contributed by atoms with Crippen LogP contribution in [0, 0.1) is 0 Å². The third-order valence-corrected chi connectivity index (χ3v) is 6.71. The van der Waals surface area contributed by atoms with Crippen molar-refractivity contribution in [3.05, 3.63) is 65.7 Å². The number of thioether (sulfide) groups is 1. The van der Waals surface area contributed by atoms with Gasteiger partial charge in [-0.2, -0.15) is 13.2 Å². The molecule has 0 radical (unpaired) electrons. The number of rotatable bonds is 3. The number of fused-ring (bicyclic) bond motifs is 1. The molecule has 2 atom stereocenters. The van der Waals surface area contributed by atoms with Gasteiger partial charge in [-0.25, -0.2) is 0 Å². The van der Waals surface area contributed by atoms with Gasteiger partial charge in [0.1, 0.15) is 10.9 Å². The van der Waals surface area contributed by atoms with Gasteiger partial charge in [0, 0.05) is 17.9 Å². The van der Waals surface area contributed by atoms with E-state index in [1.54, 1.807) is 4.90 Å². The lowest BCUT2D eigenvalue weighted by Gasteiger charge is -2.34. The summed E-state index contributed by atoms with van der Waals surface area (Å²) in [6.45, 7) is 0. The van der Waals surface area contributed by atoms with E-state index in [0.717, 1.165) is 17.7 Å². The predicted octanol–water partition coefficient (Wildman–Crippen LogP) is 4.23. The Morgan fingerprint density at radius 2 is 1.89 bits per heavy atom. The molecule has 8 heteroatoms. The summed E-state index contributed by atoms with van der Waals surface area (Å²) in [5, 5.41) is 2.55. The summed E-state index contributed by atoms with van der Waals surface area (Å²) in [4.78, 5) is 26.4. The van der Waals surface area contributed by atoms with Gasteiger partial charge < -0.3 is 10.2 Å². The number of carbonyl (C=O) groups excluding carboxylic acids is 2. The molecule has 2 amide bonds. The molecule has 0 unspecified atom stereocenters. The molecule has 0 bridgehead atoms. The first-order valence-electron chi connectivity index (χ1n) is 8.81. The van der Waals surface area contributed by atoms with Crippen LogP contribution in [0.15, 0.2) is 54.6 Å². The van der Waals surface area contributed by atoms with E-state index < -0.39 is 28.6 Å². The molecule has 4 nitrogen and oxygen atoms in total. The smallest absolute Gasteiger partial charge is 0.324 e. The molecule has 0 spiro atoms. The molecule has 1 N–H and O–H groups in total. The Labute approximate surface area is 164 Å². The fourth-order valence-electron chi connectivity index (χ4n) is 3.83. The van der Waals surface area contributed by atoms with Gasteiger partial charge in [0.15, 0.2) is 0 Å². The molecule has 0 aliphatic carbocycles. The van der Waals surface area contributed by atoms with Crippen molar-refractivity contribution < 1.29 is 22.8 Å². The standard InChI is InChI=1S/C20H17F3N2O2S/c21-20(22,23)14-7-4-8-15(11-14)24-18(27)16-12-28-19(10-9-17(26)25(16)19)13-5-2-1-3-6-13/h1-8,11,16H,9-10,12H2,(H,24,27)/t16-,19+/m1/s1. The maximum atomic E-state index is 12.9. The van der Waals surface area contributed by atoms with Gasteiger partial charge in [-0.15, -0.1) is 11.8 Å². The highest BCUT2D eigenvalue weighted by Gasteiger charge is 2.56. The van der Waals surface area contributed by atoms with Crippen LogP contribution in [-0.2, 0) is 20.6 Å². The largest absolute Gasteiger partial charge is 0.416 e. The third kappa shape index (κ3) is 3.15. The maximum absolute atomic E-state index is 12.9. The molecular formula is C20H17F3N2O2S. The van der Waals surface area contributed by atoms with Crippen LogP contribution in [-0.4, -0.2) is 28.5 Å². The second-order valence-electron chi connectivity index (χ2n) is 6.81. The SMILES string of the molecule is O=C(Nc1cccc(C(F)(F)F)c1)[C@H]1CS[C@]2(c3ccccc3)CCC(=O)N12. The number of hydrogen-bond acceptors (Lipinski definition) is 3. The van der Waals surface area contributed by atoms with Crippen LogP contribution < -0.4 is 5.32 Å². The van der Waals surface area contributed by atoms with Crippen LogP contribution in [0.1, 0.15) is 24.0 Å². The number of carbonyl (C=O) groups is 2. The number of anilines is 1. The van der Waals surface area contributed by atoms with Gasteiger partial charge in [-0.05, 0) is 30.2 Å². The van der Waals surface area contributed by atoms with Crippen LogP contribution in [0.5, 0.6) is 0 Å². The maximum Gasteiger partial charge on any atom is 0.416 e. The number of hydrogen-bond donors (Lipinski definition) is 1. The van der Waals surface area contributed by atoms with Crippen molar-refractivity contribution >= 4 is 29.3 Å². The van der Waals surface area contributed by atoms with Crippen molar-refractivity contribution in [1.82, 2.24) is 4.90 Å². The van der Waals surface area contributed by atoms with Crippen molar-refractivity contribution in [2.45, 2.75) is 29.9 Å². The molecule has 0 aromatic heterocycles. The fourth-order valence-corrected chi connectivity index (χ4v) is 5.49. The molecular weight excluding hydrogens is 389 g/mol. The van der Waals surface area contributed by atoms with Gasteiger partial charge in [0.25, 0.3) is 0 Å². The molecule has 2 aromatic rings. The third-order valence-electron chi connectivity index (χ3n) is 5.11. The van der Waals surface area contributed by atoms with Crippen LogP contribution in [0.25, 0.3) is 0 Å². The van der Waals surface area contributed by atoms with E-state index in [1.807, 2.05) is 30.3 Å². The summed E-state index contributed by atoms with van der Waals surface area (Å²) in [5.74, 6) is -0.191. The molecule has 4 rings (SSSR count). The number of nitrogens with zero attached hydrogens (tertiary/aromatic N) is 1. The van der Waals surface area contributed by atoms with E-state index in [2.05, 4.69) is 5.32 Å². The monoisotopic (exact) mass is 406 g/mol. The Hall–Kier alpha value is -2.48. The molecule has 28 heavy (non-hydrogen) atoms. The van der Waals surface area contributed by atoms with E-state index in [0.29, 0.717) is 18.6 Å². The van der Waals surface area contributed by atoms with Gasteiger partial charge in [-0.1, -0.05) is 36.4 Å². The molecule has 2 aliphatic rings. The van der Waals surface area contributed by atoms with Gasteiger partial charge in [-0.3, -0.25) is 9.59 Å². The zero-order chi connectivity index (χ0) is 19.9. The molecule has 2 heterocycles. The minimum absolute atomic E-state index is 0.0636. The number of nitrogens with one attached hydrogen (secondary N) is 1. The lowest BCUT2D eigenvalue weighted by molar-refractivity contribution is -0.137. The molecule has 146 valence electrons. The molecule has 0 saturated carbocycles. The topological polar surface area (TPSA) is 49.4 Å². The van der Waals surface area contributed by atoms with Gasteiger partial charge in [0.2, 0.25) is 11.8 Å². The first-order valence-corrected chi connectivity index (χ1v) is 9.80. The minimum Gasteiger partial charge on any atom is -0.324 e. The van der Waals surface area contributed by atoms with E-state index >= 15 is 0 Å². The quantitative estimate of drug-likeness (QED) is 0.830. The lowest BCUT2D eigenvalue weighted by Crippen LogP contribution is -2.48. The molecule has 2 aromatic carbocycles. The van der Waals surface area contributed by atoms with Crippen molar-refractivity contribution in [2.24, 2.45) is 0 Å². The van der Waals surface area contributed by atoms with Gasteiger partial charge in [0.05, 0.1) is 5.56 Å². The Kier molecular flexibility index (Phi) is 4.61. The summed E-state index contributed by atoms with van der Waals surface area (Å²) in [7, 11) is 0. The van der Waals surface area contributed by atoms with Crippen molar-refractivity contribution in [3.63, 3.8) is 0 Å². The Morgan fingerprint density at radius 3 is 2.61 bits per heavy atom. The number of halogens is 3. The highest BCUT2D eigenvalue weighted by Crippen LogP contribution is 2.54. The average Bonchev–Trinajstić information content (AvgIpc) is 3.21. The first-order chi connectivity index (χ1) is 13.3. The lowest BCUT2D eigenvalue weighted by atomic mass is 10.0. The Bertz CT molecular complexity index is 919. The first kappa shape index (κ1) is 18.9. The summed E-state index contributed by atoms with van der Waals surface area (Å²) in [6.07, 6.45) is -3.54. The van der Waals surface area contributed by atoms with Crippen molar-refractivity contribution in [2.75, 3.05) is 11.1 Å². The normalized spacial score (nSPS) is 24.3.